The predicted molar refractivity (Wildman–Crippen MR) is 113 cm³/mol. The van der Waals surface area contributed by atoms with Crippen molar-refractivity contribution >= 4 is 23.2 Å². The summed E-state index contributed by atoms with van der Waals surface area (Å²) in [6.45, 7) is 3.34. The van der Waals surface area contributed by atoms with Gasteiger partial charge in [0.2, 0.25) is 11.8 Å². The van der Waals surface area contributed by atoms with Crippen molar-refractivity contribution in [2.45, 2.75) is 19.4 Å². The fraction of sp³-hybridized carbons (Fsp3) is 0.429. The van der Waals surface area contributed by atoms with Crippen LogP contribution in [0.2, 0.25) is 0 Å². The molecule has 0 spiro atoms. The van der Waals surface area contributed by atoms with E-state index >= 15 is 0 Å². The molecule has 1 aliphatic heterocycles. The maximum Gasteiger partial charge on any atom is 0.239 e. The van der Waals surface area contributed by atoms with E-state index in [0.29, 0.717) is 18.0 Å². The Balaban J connectivity index is 1.84. The molecule has 0 bridgehead atoms. The SMILES string of the molecule is CCNC(=O)CNC(=O)CN1CCc2cc(OC)c(OC)cc2[C@H]1c1cccs1. The van der Waals surface area contributed by atoms with Gasteiger partial charge in [-0.1, -0.05) is 6.07 Å². The number of hydrogen-bond donors (Lipinski definition) is 2. The molecule has 2 heterocycles. The largest absolute Gasteiger partial charge is 0.493 e. The van der Waals surface area contributed by atoms with Gasteiger partial charge in [-0.2, -0.15) is 0 Å². The number of fused-ring (bicyclic) bond motifs is 1. The van der Waals surface area contributed by atoms with Gasteiger partial charge in [-0.15, -0.1) is 11.3 Å². The Labute approximate surface area is 175 Å². The van der Waals surface area contributed by atoms with Crippen molar-refractivity contribution < 1.29 is 19.1 Å². The molecule has 0 radical (unpaired) electrons. The highest BCUT2D eigenvalue weighted by atomic mass is 32.1. The van der Waals surface area contributed by atoms with E-state index in [4.69, 9.17) is 9.47 Å². The maximum absolute atomic E-state index is 12.5. The summed E-state index contributed by atoms with van der Waals surface area (Å²) in [7, 11) is 3.26. The third-order valence-electron chi connectivity index (χ3n) is 4.95. The zero-order chi connectivity index (χ0) is 20.8. The third kappa shape index (κ3) is 4.89. The van der Waals surface area contributed by atoms with Crippen molar-refractivity contribution in [1.82, 2.24) is 15.5 Å². The first-order valence-corrected chi connectivity index (χ1v) is 10.5. The lowest BCUT2D eigenvalue weighted by molar-refractivity contribution is -0.127. The number of nitrogens with zero attached hydrogens (tertiary/aromatic N) is 1. The van der Waals surface area contributed by atoms with Gasteiger partial charge in [0.15, 0.2) is 11.5 Å². The van der Waals surface area contributed by atoms with Crippen molar-refractivity contribution in [1.29, 1.82) is 0 Å². The first-order chi connectivity index (χ1) is 14.1. The standard InChI is InChI=1S/C21H27N3O4S/c1-4-22-19(25)12-23-20(26)13-24-8-7-14-10-16(27-2)17(28-3)11-15(14)21(24)18-6-5-9-29-18/h5-6,9-11,21H,4,7-8,12-13H2,1-3H3,(H,22,25)(H,23,26)/t21-/m0/s1. The van der Waals surface area contributed by atoms with Crippen molar-refractivity contribution in [3.05, 3.63) is 45.6 Å². The Kier molecular flexibility index (Phi) is 7.11. The Bertz CT molecular complexity index is 854. The van der Waals surface area contributed by atoms with Gasteiger partial charge in [-0.05, 0) is 48.1 Å². The molecule has 8 heteroatoms. The van der Waals surface area contributed by atoms with Crippen LogP contribution >= 0.6 is 11.3 Å². The second kappa shape index (κ2) is 9.76. The van der Waals surface area contributed by atoms with E-state index in [2.05, 4.69) is 21.6 Å². The second-order valence-electron chi connectivity index (χ2n) is 6.77. The summed E-state index contributed by atoms with van der Waals surface area (Å²) in [5.41, 5.74) is 2.31. The van der Waals surface area contributed by atoms with Crippen LogP contribution < -0.4 is 20.1 Å². The van der Waals surface area contributed by atoms with E-state index in [1.54, 1.807) is 25.6 Å². The first kappa shape index (κ1) is 21.1. The summed E-state index contributed by atoms with van der Waals surface area (Å²) in [4.78, 5) is 27.4. The molecule has 2 aromatic rings. The molecule has 1 aromatic heterocycles. The average molecular weight is 418 g/mol. The topological polar surface area (TPSA) is 79.9 Å². The monoisotopic (exact) mass is 417 g/mol. The van der Waals surface area contributed by atoms with Gasteiger partial charge in [0, 0.05) is 18.0 Å². The molecular weight excluding hydrogens is 390 g/mol. The van der Waals surface area contributed by atoms with Crippen LogP contribution in [0, 0.1) is 0 Å². The summed E-state index contributed by atoms with van der Waals surface area (Å²) in [6.07, 6.45) is 0.807. The molecule has 3 rings (SSSR count). The van der Waals surface area contributed by atoms with Crippen LogP contribution in [0.1, 0.15) is 29.0 Å². The van der Waals surface area contributed by atoms with Crippen LogP contribution in [-0.4, -0.2) is 57.1 Å². The number of thiophene rings is 1. The van der Waals surface area contributed by atoms with Gasteiger partial charge in [0.05, 0.1) is 33.4 Å². The number of amides is 2. The molecule has 0 unspecified atom stereocenters. The van der Waals surface area contributed by atoms with Crippen LogP contribution in [0.5, 0.6) is 11.5 Å². The quantitative estimate of drug-likeness (QED) is 0.687. The number of likely N-dealkylation sites (N-methyl/N-ethyl adjacent to an activating group) is 1. The van der Waals surface area contributed by atoms with Crippen LogP contribution in [-0.2, 0) is 16.0 Å². The van der Waals surface area contributed by atoms with E-state index in [9.17, 15) is 9.59 Å². The van der Waals surface area contributed by atoms with Gasteiger partial charge in [0.25, 0.3) is 0 Å². The van der Waals surface area contributed by atoms with E-state index in [0.717, 1.165) is 23.4 Å². The molecule has 156 valence electrons. The fourth-order valence-electron chi connectivity index (χ4n) is 3.63. The molecular formula is C21H27N3O4S. The Hall–Kier alpha value is -2.58. The second-order valence-corrected chi connectivity index (χ2v) is 7.75. The minimum atomic E-state index is -0.184. The first-order valence-electron chi connectivity index (χ1n) is 9.63. The fourth-order valence-corrected chi connectivity index (χ4v) is 4.50. The van der Waals surface area contributed by atoms with Gasteiger partial charge < -0.3 is 20.1 Å². The number of nitrogens with one attached hydrogen (secondary N) is 2. The summed E-state index contributed by atoms with van der Waals surface area (Å²) in [5, 5.41) is 7.43. The molecule has 29 heavy (non-hydrogen) atoms. The van der Waals surface area contributed by atoms with E-state index < -0.39 is 0 Å². The lowest BCUT2D eigenvalue weighted by Gasteiger charge is -2.37. The van der Waals surface area contributed by atoms with Crippen molar-refractivity contribution in [2.75, 3.05) is 40.4 Å². The number of benzene rings is 1. The maximum atomic E-state index is 12.5. The summed E-state index contributed by atoms with van der Waals surface area (Å²) >= 11 is 1.66. The number of methoxy groups -OCH3 is 2. The number of ether oxygens (including phenoxy) is 2. The van der Waals surface area contributed by atoms with Gasteiger partial charge >= 0.3 is 0 Å². The minimum Gasteiger partial charge on any atom is -0.493 e. The van der Waals surface area contributed by atoms with Crippen molar-refractivity contribution in [2.24, 2.45) is 0 Å². The number of carbonyl (C=O) groups is 2. The third-order valence-corrected chi connectivity index (χ3v) is 5.88. The Morgan fingerprint density at radius 3 is 2.59 bits per heavy atom. The molecule has 2 N–H and O–H groups in total. The van der Waals surface area contributed by atoms with Crippen LogP contribution in [0.3, 0.4) is 0 Å². The number of hydrogen-bond acceptors (Lipinski definition) is 6. The smallest absolute Gasteiger partial charge is 0.239 e. The molecule has 0 saturated carbocycles. The molecule has 7 nitrogen and oxygen atoms in total. The normalized spacial score (nSPS) is 16.0. The van der Waals surface area contributed by atoms with Crippen molar-refractivity contribution in [3.63, 3.8) is 0 Å². The molecule has 2 amide bonds. The summed E-state index contributed by atoms with van der Waals surface area (Å²) < 4.78 is 11.0. The van der Waals surface area contributed by atoms with E-state index in [1.165, 1.54) is 5.56 Å². The molecule has 0 fully saturated rings. The van der Waals surface area contributed by atoms with E-state index in [-0.39, 0.29) is 30.9 Å². The minimum absolute atomic E-state index is 0.00814. The highest BCUT2D eigenvalue weighted by molar-refractivity contribution is 7.10. The van der Waals surface area contributed by atoms with Crippen molar-refractivity contribution in [3.8, 4) is 11.5 Å². The molecule has 0 aliphatic carbocycles. The average Bonchev–Trinajstić information content (AvgIpc) is 3.25. The number of rotatable bonds is 8. The molecule has 1 aliphatic rings. The molecule has 0 saturated heterocycles. The highest BCUT2D eigenvalue weighted by Gasteiger charge is 2.32. The van der Waals surface area contributed by atoms with Crippen LogP contribution in [0.4, 0.5) is 0 Å². The van der Waals surface area contributed by atoms with E-state index in [1.807, 2.05) is 30.5 Å². The number of carbonyl (C=O) groups excluding carboxylic acids is 2. The predicted octanol–water partition coefficient (Wildman–Crippen LogP) is 1.97. The lowest BCUT2D eigenvalue weighted by atomic mass is 9.91. The van der Waals surface area contributed by atoms with Crippen LogP contribution in [0.15, 0.2) is 29.6 Å². The molecule has 1 aromatic carbocycles. The van der Waals surface area contributed by atoms with Gasteiger partial charge in [-0.3, -0.25) is 14.5 Å². The van der Waals surface area contributed by atoms with Gasteiger partial charge in [0.1, 0.15) is 0 Å². The van der Waals surface area contributed by atoms with Crippen LogP contribution in [0.25, 0.3) is 0 Å². The van der Waals surface area contributed by atoms with Gasteiger partial charge in [-0.25, -0.2) is 0 Å². The lowest BCUT2D eigenvalue weighted by Crippen LogP contribution is -2.45. The Morgan fingerprint density at radius 2 is 1.93 bits per heavy atom. The Morgan fingerprint density at radius 1 is 1.17 bits per heavy atom. The summed E-state index contributed by atoms with van der Waals surface area (Å²) in [6, 6.07) is 8.09. The zero-order valence-corrected chi connectivity index (χ0v) is 17.8. The molecule has 1 atom stereocenters. The summed E-state index contributed by atoms with van der Waals surface area (Å²) in [5.74, 6) is 1.04. The highest BCUT2D eigenvalue weighted by Crippen LogP contribution is 2.41. The zero-order valence-electron chi connectivity index (χ0n) is 17.0.